The fourth-order valence-electron chi connectivity index (χ4n) is 4.92. The van der Waals surface area contributed by atoms with E-state index < -0.39 is 22.6 Å². The number of carbonyl (C=O) groups is 1. The number of ether oxygens (including phenoxy) is 2. The monoisotopic (exact) mass is 280 g/mol. The van der Waals surface area contributed by atoms with Gasteiger partial charge in [0.05, 0.1) is 11.2 Å². The molecular weight excluding hydrogens is 260 g/mol. The van der Waals surface area contributed by atoms with E-state index in [4.69, 9.17) is 9.47 Å². The van der Waals surface area contributed by atoms with Crippen molar-refractivity contribution in [3.63, 3.8) is 0 Å². The van der Waals surface area contributed by atoms with Crippen LogP contribution in [0.4, 0.5) is 0 Å². The van der Waals surface area contributed by atoms with Crippen LogP contribution in [-0.4, -0.2) is 38.8 Å². The van der Waals surface area contributed by atoms with Gasteiger partial charge in [0.15, 0.2) is 0 Å². The predicted octanol–water partition coefficient (Wildman–Crippen LogP) is 1.03. The minimum absolute atomic E-state index is 0.208. The fraction of sp³-hybridized carbons (Fsp3) is 0.800. The van der Waals surface area contributed by atoms with Gasteiger partial charge in [0, 0.05) is 23.5 Å². The SMILES string of the molecule is CC1=C2C[C@H]3[C@@](C)(O)CC[C@@]34O[C@@]2(C[C@@]4(C)O)OC1=O. The molecule has 1 aliphatic carbocycles. The zero-order valence-corrected chi connectivity index (χ0v) is 12.0. The van der Waals surface area contributed by atoms with Gasteiger partial charge in [-0.05, 0) is 40.0 Å². The highest BCUT2D eigenvalue weighted by Gasteiger charge is 2.77. The summed E-state index contributed by atoms with van der Waals surface area (Å²) in [6, 6.07) is 0. The van der Waals surface area contributed by atoms with Gasteiger partial charge in [-0.25, -0.2) is 4.79 Å². The van der Waals surface area contributed by atoms with E-state index in [9.17, 15) is 15.0 Å². The highest BCUT2D eigenvalue weighted by atomic mass is 16.7. The van der Waals surface area contributed by atoms with Crippen molar-refractivity contribution in [1.29, 1.82) is 0 Å². The maximum absolute atomic E-state index is 11.9. The molecule has 2 saturated heterocycles. The Balaban J connectivity index is 1.93. The van der Waals surface area contributed by atoms with Crippen molar-refractivity contribution < 1.29 is 24.5 Å². The van der Waals surface area contributed by atoms with Gasteiger partial charge in [-0.15, -0.1) is 0 Å². The van der Waals surface area contributed by atoms with E-state index in [1.807, 2.05) is 0 Å². The van der Waals surface area contributed by atoms with Crippen LogP contribution in [0.1, 0.15) is 46.5 Å². The molecule has 3 heterocycles. The van der Waals surface area contributed by atoms with E-state index in [-0.39, 0.29) is 18.3 Å². The molecule has 0 aromatic heterocycles. The molecule has 2 spiro atoms. The molecule has 0 radical (unpaired) electrons. The average Bonchev–Trinajstić information content (AvgIpc) is 2.78. The van der Waals surface area contributed by atoms with Crippen LogP contribution in [0, 0.1) is 5.92 Å². The van der Waals surface area contributed by atoms with Gasteiger partial charge in [0.2, 0.25) is 5.79 Å². The lowest BCUT2D eigenvalue weighted by molar-refractivity contribution is -0.256. The summed E-state index contributed by atoms with van der Waals surface area (Å²) in [6.45, 7) is 5.27. The second kappa shape index (κ2) is 3.13. The standard InChI is InChI=1S/C15H20O5/c1-8-9-6-10-12(2,17)4-5-14(10)13(3,18)7-15(9,20-14)19-11(8)16/h10,17-18H,4-7H2,1-3H3/t10-,12-,13+,14+,15+/m0/s1. The summed E-state index contributed by atoms with van der Waals surface area (Å²) in [5, 5.41) is 21.6. The first-order chi connectivity index (χ1) is 9.14. The van der Waals surface area contributed by atoms with Crippen LogP contribution in [0.5, 0.6) is 0 Å². The topological polar surface area (TPSA) is 76.0 Å². The maximum Gasteiger partial charge on any atom is 0.336 e. The Bertz CT molecular complexity index is 561. The summed E-state index contributed by atoms with van der Waals surface area (Å²) < 4.78 is 11.7. The first-order valence-corrected chi connectivity index (χ1v) is 7.22. The predicted molar refractivity (Wildman–Crippen MR) is 68.5 cm³/mol. The Morgan fingerprint density at radius 1 is 1.25 bits per heavy atom. The molecule has 110 valence electrons. The lowest BCUT2D eigenvalue weighted by Crippen LogP contribution is -2.57. The van der Waals surface area contributed by atoms with Crippen LogP contribution in [0.15, 0.2) is 11.1 Å². The Morgan fingerprint density at radius 3 is 2.65 bits per heavy atom. The second-order valence-corrected chi connectivity index (χ2v) is 7.30. The molecular formula is C15H20O5. The van der Waals surface area contributed by atoms with E-state index in [1.165, 1.54) is 0 Å². The van der Waals surface area contributed by atoms with E-state index >= 15 is 0 Å². The van der Waals surface area contributed by atoms with Crippen LogP contribution in [-0.2, 0) is 14.3 Å². The number of hydrogen-bond donors (Lipinski definition) is 2. The molecule has 5 nitrogen and oxygen atoms in total. The normalized spacial score (nSPS) is 56.9. The minimum Gasteiger partial charge on any atom is -0.425 e. The van der Waals surface area contributed by atoms with Gasteiger partial charge in [0.1, 0.15) is 5.60 Å². The van der Waals surface area contributed by atoms with Crippen LogP contribution < -0.4 is 0 Å². The molecule has 5 heteroatoms. The van der Waals surface area contributed by atoms with Crippen molar-refractivity contribution in [3.05, 3.63) is 11.1 Å². The summed E-state index contributed by atoms with van der Waals surface area (Å²) in [4.78, 5) is 11.9. The van der Waals surface area contributed by atoms with Crippen LogP contribution in [0.3, 0.4) is 0 Å². The number of aliphatic hydroxyl groups is 2. The summed E-state index contributed by atoms with van der Waals surface area (Å²) in [7, 11) is 0. The minimum atomic E-state index is -1.11. The van der Waals surface area contributed by atoms with Crippen LogP contribution in [0.2, 0.25) is 0 Å². The zero-order valence-electron chi connectivity index (χ0n) is 12.0. The van der Waals surface area contributed by atoms with E-state index in [0.29, 0.717) is 24.8 Å². The Labute approximate surface area is 117 Å². The first-order valence-electron chi connectivity index (χ1n) is 7.22. The average molecular weight is 280 g/mol. The van der Waals surface area contributed by atoms with E-state index in [2.05, 4.69) is 0 Å². The summed E-state index contributed by atoms with van der Waals surface area (Å²) in [6.07, 6.45) is 1.99. The zero-order chi connectivity index (χ0) is 14.6. The third-order valence-corrected chi connectivity index (χ3v) is 6.04. The lowest BCUT2D eigenvalue weighted by Gasteiger charge is -2.46. The van der Waals surface area contributed by atoms with Gasteiger partial charge in [-0.3, -0.25) is 0 Å². The van der Waals surface area contributed by atoms with Gasteiger partial charge < -0.3 is 19.7 Å². The van der Waals surface area contributed by atoms with E-state index in [0.717, 1.165) is 5.57 Å². The first kappa shape index (κ1) is 12.8. The molecule has 5 atom stereocenters. The summed E-state index contributed by atoms with van der Waals surface area (Å²) in [5.41, 5.74) is -1.43. The van der Waals surface area contributed by atoms with Gasteiger partial charge in [-0.1, -0.05) is 0 Å². The molecule has 0 amide bonds. The molecule has 0 aromatic carbocycles. The largest absolute Gasteiger partial charge is 0.425 e. The van der Waals surface area contributed by atoms with Gasteiger partial charge >= 0.3 is 5.97 Å². The van der Waals surface area contributed by atoms with Crippen molar-refractivity contribution in [2.75, 3.05) is 0 Å². The Kier molecular flexibility index (Phi) is 2.00. The lowest BCUT2D eigenvalue weighted by atomic mass is 9.72. The quantitative estimate of drug-likeness (QED) is 0.648. The molecule has 2 bridgehead atoms. The molecule has 3 aliphatic heterocycles. The molecule has 4 aliphatic rings. The fourth-order valence-corrected chi connectivity index (χ4v) is 4.92. The number of rotatable bonds is 0. The van der Waals surface area contributed by atoms with Crippen molar-refractivity contribution in [2.45, 2.75) is 69.0 Å². The van der Waals surface area contributed by atoms with Crippen molar-refractivity contribution >= 4 is 5.97 Å². The van der Waals surface area contributed by atoms with Crippen molar-refractivity contribution in [2.24, 2.45) is 5.92 Å². The Morgan fingerprint density at radius 2 is 1.95 bits per heavy atom. The third-order valence-electron chi connectivity index (χ3n) is 6.04. The highest BCUT2D eigenvalue weighted by Crippen LogP contribution is 2.67. The molecule has 20 heavy (non-hydrogen) atoms. The smallest absolute Gasteiger partial charge is 0.336 e. The Hall–Kier alpha value is -0.910. The summed E-state index contributed by atoms with van der Waals surface area (Å²) in [5.74, 6) is -1.67. The van der Waals surface area contributed by atoms with Gasteiger partial charge in [0.25, 0.3) is 0 Å². The summed E-state index contributed by atoms with van der Waals surface area (Å²) >= 11 is 0. The van der Waals surface area contributed by atoms with Crippen molar-refractivity contribution in [1.82, 2.24) is 0 Å². The molecule has 0 unspecified atom stereocenters. The molecule has 3 fully saturated rings. The van der Waals surface area contributed by atoms with Crippen molar-refractivity contribution in [3.8, 4) is 0 Å². The number of esters is 1. The number of hydrogen-bond acceptors (Lipinski definition) is 5. The number of carbonyl (C=O) groups excluding carboxylic acids is 1. The van der Waals surface area contributed by atoms with E-state index in [1.54, 1.807) is 20.8 Å². The molecule has 1 saturated carbocycles. The molecule has 0 aromatic rings. The molecule has 4 rings (SSSR count). The van der Waals surface area contributed by atoms with Crippen LogP contribution in [0.25, 0.3) is 0 Å². The third kappa shape index (κ3) is 1.15. The maximum atomic E-state index is 11.9. The highest BCUT2D eigenvalue weighted by molar-refractivity contribution is 5.92. The van der Waals surface area contributed by atoms with Gasteiger partial charge in [-0.2, -0.15) is 0 Å². The molecule has 2 N–H and O–H groups in total. The van der Waals surface area contributed by atoms with Crippen LogP contribution >= 0.6 is 0 Å². The second-order valence-electron chi connectivity index (χ2n) is 7.30.